The van der Waals surface area contributed by atoms with Gasteiger partial charge in [-0.2, -0.15) is 0 Å². The first kappa shape index (κ1) is 27.9. The zero-order valence-electron chi connectivity index (χ0n) is 24.2. The van der Waals surface area contributed by atoms with Crippen molar-refractivity contribution in [2.45, 2.75) is 107 Å². The van der Waals surface area contributed by atoms with E-state index in [1.54, 1.807) is 7.11 Å². The second kappa shape index (κ2) is 10.2. The Morgan fingerprint density at radius 3 is 2.60 bits per heavy atom. The molecule has 6 rings (SSSR count). The van der Waals surface area contributed by atoms with Crippen molar-refractivity contribution < 1.29 is 33.3 Å². The fourth-order valence-corrected chi connectivity index (χ4v) is 8.47. The molecule has 0 aromatic heterocycles. The van der Waals surface area contributed by atoms with Crippen LogP contribution in [0.5, 0.6) is 11.5 Å². The Hall–Kier alpha value is -2.23. The zero-order chi connectivity index (χ0) is 28.3. The molecule has 4 heterocycles. The summed E-state index contributed by atoms with van der Waals surface area (Å²) in [6.45, 7) is 10.0. The first-order chi connectivity index (χ1) is 19.1. The summed E-state index contributed by atoms with van der Waals surface area (Å²) in [7, 11) is 1.65. The van der Waals surface area contributed by atoms with Gasteiger partial charge in [-0.25, -0.2) is 4.79 Å². The molecule has 2 saturated heterocycles. The second-order valence-electron chi connectivity index (χ2n) is 12.7. The molecule has 218 valence electrons. The monoisotopic (exact) mass is 571 g/mol. The molecule has 0 saturated carbocycles. The number of benzene rings is 1. The van der Waals surface area contributed by atoms with E-state index < -0.39 is 23.3 Å². The number of nitrogens with zero attached hydrogens (tertiary/aromatic N) is 1. The Labute approximate surface area is 241 Å². The van der Waals surface area contributed by atoms with Crippen LogP contribution in [0.25, 0.3) is 0 Å². The van der Waals surface area contributed by atoms with Crippen molar-refractivity contribution in [3.63, 3.8) is 0 Å². The zero-order valence-corrected chi connectivity index (χ0v) is 25.1. The fourth-order valence-electron chi connectivity index (χ4n) is 7.63. The number of carbonyl (C=O) groups is 2. The minimum absolute atomic E-state index is 0.00588. The smallest absolute Gasteiger partial charge is 0.339 e. The van der Waals surface area contributed by atoms with E-state index in [4.69, 9.17) is 23.7 Å². The Kier molecular flexibility index (Phi) is 7.15. The Bertz CT molecular complexity index is 1230. The van der Waals surface area contributed by atoms with Crippen molar-refractivity contribution in [1.29, 1.82) is 0 Å². The van der Waals surface area contributed by atoms with Gasteiger partial charge in [-0.1, -0.05) is 25.6 Å². The Morgan fingerprint density at radius 1 is 1.10 bits per heavy atom. The van der Waals surface area contributed by atoms with Gasteiger partial charge in [-0.3, -0.25) is 9.69 Å². The number of hydrogen-bond acceptors (Lipinski definition) is 9. The van der Waals surface area contributed by atoms with Crippen LogP contribution < -0.4 is 9.47 Å². The molecule has 2 fully saturated rings. The van der Waals surface area contributed by atoms with Gasteiger partial charge in [-0.15, -0.1) is 0 Å². The Morgan fingerprint density at radius 2 is 1.88 bits per heavy atom. The number of thioether (sulfide) groups is 1. The highest BCUT2D eigenvalue weighted by atomic mass is 32.2. The summed E-state index contributed by atoms with van der Waals surface area (Å²) in [5.41, 5.74) is 0.112. The maximum atomic E-state index is 14.3. The normalized spacial score (nSPS) is 32.1. The molecule has 1 aromatic carbocycles. The highest BCUT2D eigenvalue weighted by molar-refractivity contribution is 8.14. The molecule has 40 heavy (non-hydrogen) atoms. The molecular formula is C31H41NO7S. The van der Waals surface area contributed by atoms with Gasteiger partial charge in [0.05, 0.1) is 30.6 Å². The van der Waals surface area contributed by atoms with Gasteiger partial charge in [-0.05, 0) is 88.3 Å². The van der Waals surface area contributed by atoms with E-state index in [1.165, 1.54) is 17.3 Å². The lowest BCUT2D eigenvalue weighted by atomic mass is 9.77. The van der Waals surface area contributed by atoms with Crippen molar-refractivity contribution in [3.05, 3.63) is 35.1 Å². The molecule has 0 N–H and O–H groups in total. The summed E-state index contributed by atoms with van der Waals surface area (Å²) < 4.78 is 30.5. The van der Waals surface area contributed by atoms with Crippen molar-refractivity contribution in [1.82, 2.24) is 4.90 Å². The van der Waals surface area contributed by atoms with Crippen LogP contribution in [-0.4, -0.2) is 71.1 Å². The van der Waals surface area contributed by atoms with Gasteiger partial charge in [0.25, 0.3) is 0 Å². The third-order valence-electron chi connectivity index (χ3n) is 9.20. The predicted octanol–water partition coefficient (Wildman–Crippen LogP) is 5.12. The summed E-state index contributed by atoms with van der Waals surface area (Å²) in [5.74, 6) is 1.50. The molecule has 4 atom stereocenters. The van der Waals surface area contributed by atoms with Gasteiger partial charge in [0.15, 0.2) is 28.3 Å². The van der Waals surface area contributed by atoms with Gasteiger partial charge in [0.2, 0.25) is 6.79 Å². The minimum Gasteiger partial charge on any atom is -0.497 e. The van der Waals surface area contributed by atoms with E-state index in [0.29, 0.717) is 12.2 Å². The molecule has 0 bridgehead atoms. The molecule has 2 unspecified atom stereocenters. The van der Waals surface area contributed by atoms with E-state index in [0.717, 1.165) is 62.3 Å². The van der Waals surface area contributed by atoms with E-state index in [9.17, 15) is 9.59 Å². The standard InChI is InChI=1S/C31H41NO7S/c1-19(2)40-25(33)17-31(11-6-9-29(3,4)39-31)28(34)38-27-24(35-5)16-30-10-7-12-32(30)13-8-20-14-22-23(37-18-36-22)15-21(20)26(27)30/h14-16,19,26-27H,6-13,17-18H2,1-5H3/t26-,27?,30?,31-/m1/s1. The lowest BCUT2D eigenvalue weighted by Gasteiger charge is -2.44. The van der Waals surface area contributed by atoms with Crippen LogP contribution in [0.3, 0.4) is 0 Å². The minimum atomic E-state index is -1.33. The number of rotatable bonds is 6. The summed E-state index contributed by atoms with van der Waals surface area (Å²) in [5, 5.41) is 0.0724. The number of hydrogen-bond donors (Lipinski definition) is 0. The van der Waals surface area contributed by atoms with Crippen molar-refractivity contribution in [2.75, 3.05) is 27.0 Å². The molecule has 0 amide bonds. The molecule has 0 radical (unpaired) electrons. The molecule has 1 spiro atoms. The van der Waals surface area contributed by atoms with Gasteiger partial charge in [0.1, 0.15) is 5.76 Å². The molecule has 1 aliphatic carbocycles. The van der Waals surface area contributed by atoms with Crippen LogP contribution >= 0.6 is 11.8 Å². The predicted molar refractivity (Wildman–Crippen MR) is 152 cm³/mol. The number of methoxy groups -OCH3 is 1. The maximum absolute atomic E-state index is 14.3. The molecule has 1 aromatic rings. The fraction of sp³-hybridized carbons (Fsp3) is 0.677. The lowest BCUT2D eigenvalue weighted by molar-refractivity contribution is -0.213. The number of esters is 1. The van der Waals surface area contributed by atoms with Gasteiger partial charge < -0.3 is 23.7 Å². The molecular weight excluding hydrogens is 530 g/mol. The lowest BCUT2D eigenvalue weighted by Crippen LogP contribution is -2.54. The van der Waals surface area contributed by atoms with E-state index in [-0.39, 0.29) is 35.0 Å². The topological polar surface area (TPSA) is 83.5 Å². The highest BCUT2D eigenvalue weighted by Crippen LogP contribution is 2.56. The van der Waals surface area contributed by atoms with Gasteiger partial charge >= 0.3 is 5.97 Å². The third-order valence-corrected chi connectivity index (χ3v) is 10.1. The first-order valence-corrected chi connectivity index (χ1v) is 15.5. The molecule has 8 nitrogen and oxygen atoms in total. The molecule has 4 aliphatic heterocycles. The number of ether oxygens (including phenoxy) is 5. The second-order valence-corrected chi connectivity index (χ2v) is 14.3. The van der Waals surface area contributed by atoms with Crippen LogP contribution in [-0.2, 0) is 30.2 Å². The summed E-state index contributed by atoms with van der Waals surface area (Å²) in [6, 6.07) is 4.17. The SMILES string of the molecule is COC1=CC23CCCN2CCc2cc4c(cc2[C@@H]3C1OC(=O)[C@]1(CC(=O)SC(C)C)CCCC(C)(C)O1)OCO4. The van der Waals surface area contributed by atoms with Crippen molar-refractivity contribution >= 4 is 22.8 Å². The maximum Gasteiger partial charge on any atom is 0.339 e. The van der Waals surface area contributed by atoms with Crippen LogP contribution in [0.2, 0.25) is 0 Å². The molecule has 9 heteroatoms. The first-order valence-electron chi connectivity index (χ1n) is 14.6. The van der Waals surface area contributed by atoms with Crippen LogP contribution in [0, 0.1) is 0 Å². The van der Waals surface area contributed by atoms with Crippen molar-refractivity contribution in [3.8, 4) is 11.5 Å². The average Bonchev–Trinajstić information content (AvgIpc) is 3.56. The number of fused-ring (bicyclic) bond motifs is 3. The van der Waals surface area contributed by atoms with Gasteiger partial charge in [0, 0.05) is 11.8 Å². The van der Waals surface area contributed by atoms with E-state index >= 15 is 0 Å². The quantitative estimate of drug-likeness (QED) is 0.432. The van der Waals surface area contributed by atoms with Crippen LogP contribution in [0.15, 0.2) is 24.0 Å². The van der Waals surface area contributed by atoms with Crippen LogP contribution in [0.1, 0.15) is 83.3 Å². The van der Waals surface area contributed by atoms with Crippen LogP contribution in [0.4, 0.5) is 0 Å². The van der Waals surface area contributed by atoms with E-state index in [2.05, 4.69) is 23.1 Å². The number of carbonyl (C=O) groups excluding carboxylic acids is 2. The molecule has 5 aliphatic rings. The highest BCUT2D eigenvalue weighted by Gasteiger charge is 2.59. The largest absolute Gasteiger partial charge is 0.497 e. The van der Waals surface area contributed by atoms with E-state index in [1.807, 2.05) is 27.7 Å². The Balaban J connectivity index is 1.39. The third kappa shape index (κ3) is 4.71. The summed E-state index contributed by atoms with van der Waals surface area (Å²) in [4.78, 5) is 30.0. The summed E-state index contributed by atoms with van der Waals surface area (Å²) >= 11 is 1.25. The average molecular weight is 572 g/mol. The van der Waals surface area contributed by atoms with Crippen molar-refractivity contribution in [2.24, 2.45) is 0 Å². The summed E-state index contributed by atoms with van der Waals surface area (Å²) in [6.07, 6.45) is 6.49.